The number of anilines is 3. The van der Waals surface area contributed by atoms with Gasteiger partial charge in [-0.1, -0.05) is 6.92 Å². The summed E-state index contributed by atoms with van der Waals surface area (Å²) in [5.41, 5.74) is 1.38. The fraction of sp³-hybridized carbons (Fsp3) is 0.350. The lowest BCUT2D eigenvalue weighted by molar-refractivity contribution is 0.386. The Morgan fingerprint density at radius 3 is 2.75 bits per heavy atom. The first-order valence-electron chi connectivity index (χ1n) is 9.36. The van der Waals surface area contributed by atoms with Crippen LogP contribution in [-0.4, -0.2) is 40.4 Å². The molecular weight excluding hydrogens is 359 g/mol. The summed E-state index contributed by atoms with van der Waals surface area (Å²) in [4.78, 5) is 11.2. The van der Waals surface area contributed by atoms with Crippen molar-refractivity contribution in [3.63, 3.8) is 0 Å². The van der Waals surface area contributed by atoms with E-state index in [1.807, 2.05) is 6.07 Å². The van der Waals surface area contributed by atoms with E-state index in [1.165, 1.54) is 13.2 Å². The van der Waals surface area contributed by atoms with E-state index < -0.39 is 5.82 Å². The van der Waals surface area contributed by atoms with Crippen LogP contribution in [0.4, 0.5) is 22.0 Å². The SMILES string of the molecule is COc1ccc(-c2cc(Nc3ccnc(N4CCC(C)CC4)n3)n[nH]2)cc1F. The molecule has 4 rings (SSSR count). The number of hydrogen-bond donors (Lipinski definition) is 2. The summed E-state index contributed by atoms with van der Waals surface area (Å²) in [7, 11) is 1.44. The van der Waals surface area contributed by atoms with Crippen LogP contribution in [0.15, 0.2) is 36.5 Å². The molecule has 0 saturated carbocycles. The number of halogens is 1. The van der Waals surface area contributed by atoms with Gasteiger partial charge in [-0.05, 0) is 43.0 Å². The molecule has 0 radical (unpaired) electrons. The maximum atomic E-state index is 13.9. The summed E-state index contributed by atoms with van der Waals surface area (Å²) in [6.07, 6.45) is 4.06. The topological polar surface area (TPSA) is 79.0 Å². The van der Waals surface area contributed by atoms with Crippen LogP contribution in [0.2, 0.25) is 0 Å². The standard InChI is InChI=1S/C20H23FN6O/c1-13-6-9-27(10-7-13)20-22-8-5-18(24-20)23-19-12-16(25-26-19)14-3-4-17(28-2)15(21)11-14/h3-5,8,11-13H,6-7,9-10H2,1-2H3,(H2,22,23,24,25,26). The fourth-order valence-electron chi connectivity index (χ4n) is 3.28. The molecule has 0 bridgehead atoms. The van der Waals surface area contributed by atoms with Crippen molar-refractivity contribution in [2.75, 3.05) is 30.4 Å². The Labute approximate surface area is 163 Å². The zero-order valence-corrected chi connectivity index (χ0v) is 15.9. The summed E-state index contributed by atoms with van der Waals surface area (Å²) in [5, 5.41) is 10.3. The highest BCUT2D eigenvalue weighted by atomic mass is 19.1. The maximum Gasteiger partial charge on any atom is 0.227 e. The van der Waals surface area contributed by atoms with Gasteiger partial charge in [-0.2, -0.15) is 10.1 Å². The van der Waals surface area contributed by atoms with Gasteiger partial charge in [0, 0.05) is 30.9 Å². The number of piperidine rings is 1. The van der Waals surface area contributed by atoms with E-state index in [0.717, 1.165) is 37.8 Å². The van der Waals surface area contributed by atoms with Gasteiger partial charge in [-0.15, -0.1) is 0 Å². The van der Waals surface area contributed by atoms with Gasteiger partial charge in [0.15, 0.2) is 17.4 Å². The molecule has 8 heteroatoms. The van der Waals surface area contributed by atoms with Crippen LogP contribution in [0.1, 0.15) is 19.8 Å². The monoisotopic (exact) mass is 382 g/mol. The Bertz CT molecular complexity index is 951. The summed E-state index contributed by atoms with van der Waals surface area (Å²) < 4.78 is 18.9. The molecule has 0 aliphatic carbocycles. The lowest BCUT2D eigenvalue weighted by atomic mass is 10.00. The van der Waals surface area contributed by atoms with Crippen molar-refractivity contribution in [1.29, 1.82) is 0 Å². The normalized spacial score (nSPS) is 14.9. The zero-order chi connectivity index (χ0) is 19.5. The van der Waals surface area contributed by atoms with E-state index in [0.29, 0.717) is 22.9 Å². The summed E-state index contributed by atoms with van der Waals surface area (Å²) in [6, 6.07) is 8.40. The van der Waals surface area contributed by atoms with Crippen molar-refractivity contribution < 1.29 is 9.13 Å². The number of benzene rings is 1. The molecule has 2 aromatic heterocycles. The van der Waals surface area contributed by atoms with Gasteiger partial charge >= 0.3 is 0 Å². The van der Waals surface area contributed by atoms with E-state index in [1.54, 1.807) is 24.4 Å². The molecule has 1 saturated heterocycles. The van der Waals surface area contributed by atoms with Gasteiger partial charge in [0.2, 0.25) is 5.95 Å². The Balaban J connectivity index is 1.48. The van der Waals surface area contributed by atoms with Crippen LogP contribution in [0, 0.1) is 11.7 Å². The highest BCUT2D eigenvalue weighted by Gasteiger charge is 2.18. The molecule has 1 aromatic carbocycles. The number of H-pyrrole nitrogens is 1. The molecule has 0 unspecified atom stereocenters. The van der Waals surface area contributed by atoms with Crippen LogP contribution in [-0.2, 0) is 0 Å². The van der Waals surface area contributed by atoms with Crippen molar-refractivity contribution in [3.05, 3.63) is 42.3 Å². The van der Waals surface area contributed by atoms with Crippen LogP contribution < -0.4 is 15.0 Å². The predicted octanol–water partition coefficient (Wildman–Crippen LogP) is 3.99. The van der Waals surface area contributed by atoms with Crippen LogP contribution in [0.3, 0.4) is 0 Å². The van der Waals surface area contributed by atoms with Crippen molar-refractivity contribution in [1.82, 2.24) is 20.2 Å². The third kappa shape index (κ3) is 3.90. The molecule has 1 aliphatic heterocycles. The molecule has 28 heavy (non-hydrogen) atoms. The Hall–Kier alpha value is -3.16. The lowest BCUT2D eigenvalue weighted by Crippen LogP contribution is -2.34. The molecule has 1 fully saturated rings. The van der Waals surface area contributed by atoms with E-state index in [2.05, 4.69) is 37.3 Å². The molecule has 3 aromatic rings. The number of nitrogens with one attached hydrogen (secondary N) is 2. The Morgan fingerprint density at radius 2 is 2.00 bits per heavy atom. The molecule has 0 atom stereocenters. The smallest absolute Gasteiger partial charge is 0.227 e. The fourth-order valence-corrected chi connectivity index (χ4v) is 3.28. The first-order chi connectivity index (χ1) is 13.6. The second-order valence-corrected chi connectivity index (χ2v) is 7.05. The average molecular weight is 382 g/mol. The number of aromatic nitrogens is 4. The van der Waals surface area contributed by atoms with E-state index in [-0.39, 0.29) is 5.75 Å². The van der Waals surface area contributed by atoms with Crippen LogP contribution >= 0.6 is 0 Å². The molecule has 7 nitrogen and oxygen atoms in total. The van der Waals surface area contributed by atoms with Gasteiger partial charge < -0.3 is 15.0 Å². The zero-order valence-electron chi connectivity index (χ0n) is 15.9. The minimum Gasteiger partial charge on any atom is -0.494 e. The minimum absolute atomic E-state index is 0.210. The summed E-state index contributed by atoms with van der Waals surface area (Å²) >= 11 is 0. The third-order valence-electron chi connectivity index (χ3n) is 5.01. The van der Waals surface area contributed by atoms with Gasteiger partial charge in [-0.3, -0.25) is 5.10 Å². The first-order valence-corrected chi connectivity index (χ1v) is 9.36. The van der Waals surface area contributed by atoms with Crippen molar-refractivity contribution in [3.8, 4) is 17.0 Å². The van der Waals surface area contributed by atoms with E-state index in [4.69, 9.17) is 4.74 Å². The highest BCUT2D eigenvalue weighted by Crippen LogP contribution is 2.27. The van der Waals surface area contributed by atoms with Crippen LogP contribution in [0.5, 0.6) is 5.75 Å². The maximum absolute atomic E-state index is 13.9. The second-order valence-electron chi connectivity index (χ2n) is 7.05. The Kier molecular flexibility index (Phi) is 5.10. The van der Waals surface area contributed by atoms with Gasteiger partial charge in [0.05, 0.1) is 12.8 Å². The average Bonchev–Trinajstić information content (AvgIpc) is 3.17. The molecular formula is C20H23FN6O. The number of nitrogens with zero attached hydrogens (tertiary/aromatic N) is 4. The lowest BCUT2D eigenvalue weighted by Gasteiger charge is -2.30. The van der Waals surface area contributed by atoms with Crippen LogP contribution in [0.25, 0.3) is 11.3 Å². The third-order valence-corrected chi connectivity index (χ3v) is 5.01. The first kappa shape index (κ1) is 18.2. The van der Waals surface area contributed by atoms with Crippen molar-refractivity contribution in [2.45, 2.75) is 19.8 Å². The number of ether oxygens (including phenoxy) is 1. The molecule has 0 amide bonds. The van der Waals surface area contributed by atoms with Crippen molar-refractivity contribution >= 4 is 17.6 Å². The van der Waals surface area contributed by atoms with E-state index >= 15 is 0 Å². The second kappa shape index (κ2) is 7.84. The van der Waals surface area contributed by atoms with Gasteiger partial charge in [-0.25, -0.2) is 9.37 Å². The number of methoxy groups -OCH3 is 1. The minimum atomic E-state index is -0.416. The van der Waals surface area contributed by atoms with Gasteiger partial charge in [0.1, 0.15) is 5.82 Å². The largest absolute Gasteiger partial charge is 0.494 e. The van der Waals surface area contributed by atoms with Crippen molar-refractivity contribution in [2.24, 2.45) is 5.92 Å². The number of rotatable bonds is 5. The van der Waals surface area contributed by atoms with E-state index in [9.17, 15) is 4.39 Å². The van der Waals surface area contributed by atoms with Gasteiger partial charge in [0.25, 0.3) is 0 Å². The molecule has 146 valence electrons. The molecule has 1 aliphatic rings. The highest BCUT2D eigenvalue weighted by molar-refractivity contribution is 5.66. The number of aromatic amines is 1. The quantitative estimate of drug-likeness (QED) is 0.695. The summed E-state index contributed by atoms with van der Waals surface area (Å²) in [5.74, 6) is 2.54. The Morgan fingerprint density at radius 1 is 1.18 bits per heavy atom. The summed E-state index contributed by atoms with van der Waals surface area (Å²) in [6.45, 7) is 4.22. The molecule has 0 spiro atoms. The predicted molar refractivity (Wildman–Crippen MR) is 106 cm³/mol. The molecule has 3 heterocycles. The molecule has 2 N–H and O–H groups in total. The number of hydrogen-bond acceptors (Lipinski definition) is 6.